The molecule has 0 saturated carbocycles. The lowest BCUT2D eigenvalue weighted by atomic mass is 10.2. The van der Waals surface area contributed by atoms with E-state index in [9.17, 15) is 4.79 Å². The normalized spacial score (nSPS) is 16.7. The third-order valence-corrected chi connectivity index (χ3v) is 5.01. The maximum absolute atomic E-state index is 13.1. The summed E-state index contributed by atoms with van der Waals surface area (Å²) in [6, 6.07) is 9.73. The number of terminal acetylenes is 1. The molecule has 1 fully saturated rings. The smallest absolute Gasteiger partial charge is 0.280 e. The topological polar surface area (TPSA) is 36.2 Å². The summed E-state index contributed by atoms with van der Waals surface area (Å²) in [5, 5.41) is 0. The molecule has 1 aliphatic rings. The highest BCUT2D eigenvalue weighted by Crippen LogP contribution is 2.19. The summed E-state index contributed by atoms with van der Waals surface area (Å²) < 4.78 is 9.89. The van der Waals surface area contributed by atoms with E-state index in [2.05, 4.69) is 5.92 Å². The fourth-order valence-corrected chi connectivity index (χ4v) is 3.44. The van der Waals surface area contributed by atoms with Crippen molar-refractivity contribution in [3.8, 4) is 18.0 Å². The number of hydrogen-bond donors (Lipinski definition) is 0. The molecule has 1 aliphatic heterocycles. The zero-order valence-electron chi connectivity index (χ0n) is 14.4. The minimum absolute atomic E-state index is 0.0437. The molecule has 126 valence electrons. The molecule has 0 spiro atoms. The van der Waals surface area contributed by atoms with Crippen molar-refractivity contribution >= 4 is 0 Å². The first-order valence-electron chi connectivity index (χ1n) is 8.27. The van der Waals surface area contributed by atoms with Crippen molar-refractivity contribution in [3.05, 3.63) is 51.9 Å². The van der Waals surface area contributed by atoms with Crippen LogP contribution in [0.4, 0.5) is 0 Å². The van der Waals surface area contributed by atoms with Gasteiger partial charge in [-0.25, -0.2) is 4.68 Å². The van der Waals surface area contributed by atoms with Crippen LogP contribution in [0.25, 0.3) is 5.69 Å². The second-order valence-corrected chi connectivity index (χ2v) is 6.46. The zero-order chi connectivity index (χ0) is 17.2. The van der Waals surface area contributed by atoms with E-state index in [0.717, 1.165) is 34.5 Å². The van der Waals surface area contributed by atoms with Gasteiger partial charge in [0.1, 0.15) is 26.2 Å². The number of para-hydroxylation sites is 1. The van der Waals surface area contributed by atoms with Crippen molar-refractivity contribution in [2.75, 3.05) is 32.8 Å². The number of ether oxygens (including phenoxy) is 1. The Morgan fingerprint density at radius 1 is 1.25 bits per heavy atom. The van der Waals surface area contributed by atoms with E-state index in [-0.39, 0.29) is 5.56 Å². The van der Waals surface area contributed by atoms with Crippen LogP contribution < -0.4 is 5.56 Å². The minimum Gasteiger partial charge on any atom is -0.370 e. The molecule has 2 heterocycles. The first-order valence-corrected chi connectivity index (χ1v) is 8.27. The van der Waals surface area contributed by atoms with Gasteiger partial charge in [-0.3, -0.25) is 9.48 Å². The summed E-state index contributed by atoms with van der Waals surface area (Å²) in [5.41, 5.74) is 2.76. The molecule has 0 N–H and O–H groups in total. The predicted molar refractivity (Wildman–Crippen MR) is 94.0 cm³/mol. The lowest BCUT2D eigenvalue weighted by molar-refractivity contribution is -0.941. The molecule has 0 bridgehead atoms. The Labute approximate surface area is 142 Å². The van der Waals surface area contributed by atoms with Crippen molar-refractivity contribution in [2.45, 2.75) is 13.5 Å². The molecule has 1 aromatic carbocycles. The number of benzene rings is 1. The van der Waals surface area contributed by atoms with Crippen LogP contribution in [0.15, 0.2) is 35.1 Å². The molecule has 1 aromatic heterocycles. The molecule has 0 amide bonds. The van der Waals surface area contributed by atoms with Gasteiger partial charge < -0.3 is 9.22 Å². The van der Waals surface area contributed by atoms with Gasteiger partial charge in [0.15, 0.2) is 0 Å². The summed E-state index contributed by atoms with van der Waals surface area (Å²) in [7, 11) is 1.93. The van der Waals surface area contributed by atoms with Crippen LogP contribution in [-0.2, 0) is 18.3 Å². The van der Waals surface area contributed by atoms with E-state index in [1.54, 1.807) is 4.68 Å². The Morgan fingerprint density at radius 2 is 1.92 bits per heavy atom. The fourth-order valence-electron chi connectivity index (χ4n) is 3.44. The second-order valence-electron chi connectivity index (χ2n) is 6.46. The first-order chi connectivity index (χ1) is 11.6. The Kier molecular flexibility index (Phi) is 4.61. The van der Waals surface area contributed by atoms with Crippen LogP contribution in [0, 0.1) is 19.3 Å². The Morgan fingerprint density at radius 3 is 2.54 bits per heavy atom. The van der Waals surface area contributed by atoms with Crippen LogP contribution >= 0.6 is 0 Å². The van der Waals surface area contributed by atoms with Gasteiger partial charge in [0, 0.05) is 12.7 Å². The zero-order valence-corrected chi connectivity index (χ0v) is 14.4. The average molecular weight is 326 g/mol. The molecule has 0 unspecified atom stereocenters. The highest BCUT2D eigenvalue weighted by Gasteiger charge is 2.33. The molecule has 24 heavy (non-hydrogen) atoms. The Bertz CT molecular complexity index is 806. The average Bonchev–Trinajstić information content (AvgIpc) is 2.80. The molecule has 2 aromatic rings. The predicted octanol–water partition coefficient (Wildman–Crippen LogP) is 1.46. The van der Waals surface area contributed by atoms with E-state index < -0.39 is 0 Å². The summed E-state index contributed by atoms with van der Waals surface area (Å²) in [6.45, 7) is 6.38. The van der Waals surface area contributed by atoms with Crippen molar-refractivity contribution in [1.82, 2.24) is 9.36 Å². The summed E-state index contributed by atoms with van der Waals surface area (Å²) in [6.07, 6.45) is 5.61. The van der Waals surface area contributed by atoms with E-state index in [1.807, 2.05) is 49.0 Å². The van der Waals surface area contributed by atoms with E-state index in [0.29, 0.717) is 26.3 Å². The van der Waals surface area contributed by atoms with Crippen molar-refractivity contribution in [1.29, 1.82) is 0 Å². The van der Waals surface area contributed by atoms with Gasteiger partial charge in [0.25, 0.3) is 5.56 Å². The van der Waals surface area contributed by atoms with Gasteiger partial charge in [-0.05, 0) is 25.0 Å². The number of aromatic nitrogens is 2. The Hall–Kier alpha value is -2.29. The van der Waals surface area contributed by atoms with Crippen LogP contribution in [0.3, 0.4) is 0 Å². The van der Waals surface area contributed by atoms with Crippen LogP contribution in [0.1, 0.15) is 11.3 Å². The lowest BCUT2D eigenvalue weighted by Crippen LogP contribution is -2.55. The molecular formula is C19H24N3O2+. The number of quaternary nitrogens is 1. The van der Waals surface area contributed by atoms with Crippen LogP contribution in [-0.4, -0.2) is 46.7 Å². The van der Waals surface area contributed by atoms with E-state index in [1.165, 1.54) is 0 Å². The number of morpholine rings is 1. The number of hydrogen-bond acceptors (Lipinski definition) is 2. The Balaban J connectivity index is 2.03. The maximum Gasteiger partial charge on any atom is 0.280 e. The molecule has 5 nitrogen and oxygen atoms in total. The minimum atomic E-state index is 0.0437. The summed E-state index contributed by atoms with van der Waals surface area (Å²) >= 11 is 0. The van der Waals surface area contributed by atoms with Gasteiger partial charge in [-0.1, -0.05) is 18.2 Å². The SMILES string of the molecule is C#CC[N+]1(Cc2c(C)n(C)n(-c3ccccc3)c2=O)CCOCC1. The number of nitrogens with zero attached hydrogens (tertiary/aromatic N) is 3. The highest BCUT2D eigenvalue weighted by molar-refractivity contribution is 5.33. The third kappa shape index (κ3) is 2.91. The largest absolute Gasteiger partial charge is 0.370 e. The molecule has 0 atom stereocenters. The summed E-state index contributed by atoms with van der Waals surface area (Å²) in [5.74, 6) is 2.79. The first kappa shape index (κ1) is 16.6. The van der Waals surface area contributed by atoms with E-state index >= 15 is 0 Å². The molecule has 0 radical (unpaired) electrons. The standard InChI is InChI=1S/C19H24N3O2/c1-4-10-22(11-13-24-14-12-22)15-18-16(2)20(3)21(19(18)23)17-8-6-5-7-9-17/h1,5-9H,10-15H2,2-3H3/q+1. The van der Waals surface area contributed by atoms with Gasteiger partial charge >= 0.3 is 0 Å². The summed E-state index contributed by atoms with van der Waals surface area (Å²) in [4.78, 5) is 13.1. The van der Waals surface area contributed by atoms with Crippen LogP contribution in [0.5, 0.6) is 0 Å². The molecule has 5 heteroatoms. The molecular weight excluding hydrogens is 302 g/mol. The van der Waals surface area contributed by atoms with Gasteiger partial charge in [0.05, 0.1) is 24.5 Å². The lowest BCUT2D eigenvalue weighted by Gasteiger charge is -2.39. The van der Waals surface area contributed by atoms with Crippen molar-refractivity contribution < 1.29 is 9.22 Å². The van der Waals surface area contributed by atoms with Crippen LogP contribution in [0.2, 0.25) is 0 Å². The quantitative estimate of drug-likeness (QED) is 0.630. The highest BCUT2D eigenvalue weighted by atomic mass is 16.5. The molecule has 3 rings (SSSR count). The van der Waals surface area contributed by atoms with Gasteiger partial charge in [0.2, 0.25) is 0 Å². The third-order valence-electron chi connectivity index (χ3n) is 5.01. The number of rotatable bonds is 4. The van der Waals surface area contributed by atoms with Gasteiger partial charge in [-0.2, -0.15) is 0 Å². The molecule has 0 aliphatic carbocycles. The van der Waals surface area contributed by atoms with E-state index in [4.69, 9.17) is 11.2 Å². The van der Waals surface area contributed by atoms with Gasteiger partial charge in [-0.15, -0.1) is 6.42 Å². The fraction of sp³-hybridized carbons (Fsp3) is 0.421. The second kappa shape index (κ2) is 6.68. The van der Waals surface area contributed by atoms with Crippen molar-refractivity contribution in [2.24, 2.45) is 7.05 Å². The monoisotopic (exact) mass is 326 g/mol. The molecule has 1 saturated heterocycles. The van der Waals surface area contributed by atoms with Crippen molar-refractivity contribution in [3.63, 3.8) is 0 Å². The maximum atomic E-state index is 13.1.